The standard InChI is InChI=1S/C18H18O3/c1-3-21-18(19)13-17(14-7-5-4-6-8-14)15-9-11-16(20-2)12-10-15/h4-13H,3H2,1-2H3/b17-13-. The SMILES string of the molecule is CCOC(=O)/C=C(/c1ccccc1)c1ccc(OC)cc1. The van der Waals surface area contributed by atoms with Crippen molar-refractivity contribution in [3.8, 4) is 5.75 Å². The predicted octanol–water partition coefficient (Wildman–Crippen LogP) is 3.69. The van der Waals surface area contributed by atoms with Crippen LogP contribution in [-0.4, -0.2) is 19.7 Å². The molecule has 0 amide bonds. The van der Waals surface area contributed by atoms with E-state index in [0.29, 0.717) is 6.61 Å². The van der Waals surface area contributed by atoms with E-state index in [9.17, 15) is 4.79 Å². The maximum Gasteiger partial charge on any atom is 0.331 e. The topological polar surface area (TPSA) is 35.5 Å². The van der Waals surface area contributed by atoms with Crippen LogP contribution in [0.3, 0.4) is 0 Å². The lowest BCUT2D eigenvalue weighted by Gasteiger charge is -2.09. The van der Waals surface area contributed by atoms with Crippen molar-refractivity contribution in [2.45, 2.75) is 6.92 Å². The first-order valence-electron chi connectivity index (χ1n) is 6.83. The zero-order valence-electron chi connectivity index (χ0n) is 12.2. The van der Waals surface area contributed by atoms with E-state index >= 15 is 0 Å². The van der Waals surface area contributed by atoms with Crippen LogP contribution < -0.4 is 4.74 Å². The highest BCUT2D eigenvalue weighted by Crippen LogP contribution is 2.25. The molecule has 0 aromatic heterocycles. The molecule has 2 aromatic rings. The van der Waals surface area contributed by atoms with Gasteiger partial charge >= 0.3 is 5.97 Å². The molecule has 0 atom stereocenters. The van der Waals surface area contributed by atoms with Gasteiger partial charge in [-0.05, 0) is 35.8 Å². The van der Waals surface area contributed by atoms with E-state index in [-0.39, 0.29) is 5.97 Å². The Morgan fingerprint density at radius 1 is 1.00 bits per heavy atom. The molecule has 0 saturated carbocycles. The summed E-state index contributed by atoms with van der Waals surface area (Å²) < 4.78 is 10.2. The zero-order valence-corrected chi connectivity index (χ0v) is 12.2. The first-order chi connectivity index (χ1) is 10.2. The Bertz CT molecular complexity index is 613. The minimum atomic E-state index is -0.341. The number of hydrogen-bond acceptors (Lipinski definition) is 3. The van der Waals surface area contributed by atoms with E-state index in [2.05, 4.69) is 0 Å². The second kappa shape index (κ2) is 7.29. The molecule has 0 aliphatic heterocycles. The van der Waals surface area contributed by atoms with E-state index in [1.165, 1.54) is 6.08 Å². The van der Waals surface area contributed by atoms with Crippen LogP contribution in [0, 0.1) is 0 Å². The van der Waals surface area contributed by atoms with Crippen molar-refractivity contribution in [2.24, 2.45) is 0 Å². The maximum absolute atomic E-state index is 11.8. The maximum atomic E-state index is 11.8. The highest BCUT2D eigenvalue weighted by atomic mass is 16.5. The second-order valence-electron chi connectivity index (χ2n) is 4.40. The molecule has 0 saturated heterocycles. The molecular formula is C18H18O3. The minimum absolute atomic E-state index is 0.341. The number of methoxy groups -OCH3 is 1. The van der Waals surface area contributed by atoms with E-state index in [4.69, 9.17) is 9.47 Å². The van der Waals surface area contributed by atoms with E-state index in [1.54, 1.807) is 14.0 Å². The van der Waals surface area contributed by atoms with Crippen molar-refractivity contribution >= 4 is 11.5 Å². The Balaban J connectivity index is 2.42. The van der Waals surface area contributed by atoms with Crippen molar-refractivity contribution in [1.29, 1.82) is 0 Å². The van der Waals surface area contributed by atoms with Crippen LogP contribution in [0.15, 0.2) is 60.7 Å². The fourth-order valence-corrected chi connectivity index (χ4v) is 2.02. The van der Waals surface area contributed by atoms with Crippen LogP contribution in [0.2, 0.25) is 0 Å². The van der Waals surface area contributed by atoms with Gasteiger partial charge < -0.3 is 9.47 Å². The molecule has 21 heavy (non-hydrogen) atoms. The van der Waals surface area contributed by atoms with Crippen molar-refractivity contribution in [3.63, 3.8) is 0 Å². The molecule has 0 bridgehead atoms. The van der Waals surface area contributed by atoms with Gasteiger partial charge in [0.05, 0.1) is 13.7 Å². The zero-order chi connectivity index (χ0) is 15.1. The smallest absolute Gasteiger partial charge is 0.331 e. The Morgan fingerprint density at radius 3 is 2.19 bits per heavy atom. The Labute approximate surface area is 124 Å². The number of benzene rings is 2. The summed E-state index contributed by atoms with van der Waals surface area (Å²) in [5, 5.41) is 0. The van der Waals surface area contributed by atoms with E-state index in [1.807, 2.05) is 54.6 Å². The third-order valence-electron chi connectivity index (χ3n) is 3.03. The lowest BCUT2D eigenvalue weighted by molar-refractivity contribution is -0.137. The van der Waals surface area contributed by atoms with Crippen LogP contribution >= 0.6 is 0 Å². The summed E-state index contributed by atoms with van der Waals surface area (Å²) >= 11 is 0. The monoisotopic (exact) mass is 282 g/mol. The van der Waals surface area contributed by atoms with Crippen LogP contribution in [0.25, 0.3) is 5.57 Å². The van der Waals surface area contributed by atoms with Crippen molar-refractivity contribution in [3.05, 3.63) is 71.8 Å². The minimum Gasteiger partial charge on any atom is -0.497 e. The number of ether oxygens (including phenoxy) is 2. The highest BCUT2D eigenvalue weighted by molar-refractivity contribution is 5.96. The Hall–Kier alpha value is -2.55. The van der Waals surface area contributed by atoms with Crippen LogP contribution in [0.5, 0.6) is 5.75 Å². The molecular weight excluding hydrogens is 264 g/mol. The Kier molecular flexibility index (Phi) is 5.16. The van der Waals surface area contributed by atoms with Gasteiger partial charge in [0.2, 0.25) is 0 Å². The molecule has 2 aromatic carbocycles. The molecule has 0 unspecified atom stereocenters. The number of hydrogen-bond donors (Lipinski definition) is 0. The average molecular weight is 282 g/mol. The third-order valence-corrected chi connectivity index (χ3v) is 3.03. The first-order valence-corrected chi connectivity index (χ1v) is 6.83. The number of rotatable bonds is 5. The van der Waals surface area contributed by atoms with Crippen molar-refractivity contribution in [2.75, 3.05) is 13.7 Å². The van der Waals surface area contributed by atoms with Gasteiger partial charge in [0.15, 0.2) is 0 Å². The predicted molar refractivity (Wildman–Crippen MR) is 83.1 cm³/mol. The fourth-order valence-electron chi connectivity index (χ4n) is 2.02. The summed E-state index contributed by atoms with van der Waals surface area (Å²) in [6.45, 7) is 2.15. The average Bonchev–Trinajstić information content (AvgIpc) is 2.54. The molecule has 2 rings (SSSR count). The van der Waals surface area contributed by atoms with Gasteiger partial charge in [-0.15, -0.1) is 0 Å². The lowest BCUT2D eigenvalue weighted by Crippen LogP contribution is -2.01. The van der Waals surface area contributed by atoms with Gasteiger partial charge in [-0.1, -0.05) is 42.5 Å². The molecule has 0 aliphatic carbocycles. The molecule has 0 aliphatic rings. The summed E-state index contributed by atoms with van der Waals surface area (Å²) in [6, 6.07) is 17.4. The first kappa shape index (κ1) is 14.9. The third kappa shape index (κ3) is 3.96. The molecule has 3 heteroatoms. The molecule has 0 radical (unpaired) electrons. The van der Waals surface area contributed by atoms with Gasteiger partial charge in [0.1, 0.15) is 5.75 Å². The second-order valence-corrected chi connectivity index (χ2v) is 4.40. The fraction of sp³-hybridized carbons (Fsp3) is 0.167. The molecule has 0 fully saturated rings. The quantitative estimate of drug-likeness (QED) is 0.620. The van der Waals surface area contributed by atoms with Gasteiger partial charge in [-0.2, -0.15) is 0 Å². The molecule has 108 valence electrons. The normalized spacial score (nSPS) is 11.0. The van der Waals surface area contributed by atoms with Gasteiger partial charge in [-0.3, -0.25) is 0 Å². The molecule has 0 heterocycles. The van der Waals surface area contributed by atoms with Gasteiger partial charge in [0.25, 0.3) is 0 Å². The van der Waals surface area contributed by atoms with Gasteiger partial charge in [0, 0.05) is 6.08 Å². The van der Waals surface area contributed by atoms with Crippen LogP contribution in [0.4, 0.5) is 0 Å². The van der Waals surface area contributed by atoms with Crippen LogP contribution in [0.1, 0.15) is 18.1 Å². The molecule has 0 spiro atoms. The Morgan fingerprint density at radius 2 is 1.62 bits per heavy atom. The van der Waals surface area contributed by atoms with E-state index in [0.717, 1.165) is 22.4 Å². The largest absolute Gasteiger partial charge is 0.497 e. The number of carbonyl (C=O) groups is 1. The van der Waals surface area contributed by atoms with E-state index < -0.39 is 0 Å². The summed E-state index contributed by atoms with van der Waals surface area (Å²) in [5.41, 5.74) is 2.74. The van der Waals surface area contributed by atoms with Crippen molar-refractivity contribution < 1.29 is 14.3 Å². The van der Waals surface area contributed by atoms with Crippen LogP contribution in [-0.2, 0) is 9.53 Å². The lowest BCUT2D eigenvalue weighted by atomic mass is 9.97. The van der Waals surface area contributed by atoms with Gasteiger partial charge in [-0.25, -0.2) is 4.79 Å². The van der Waals surface area contributed by atoms with Crippen molar-refractivity contribution in [1.82, 2.24) is 0 Å². The highest BCUT2D eigenvalue weighted by Gasteiger charge is 2.08. The summed E-state index contributed by atoms with van der Waals surface area (Å²) in [4.78, 5) is 11.8. The summed E-state index contributed by atoms with van der Waals surface area (Å²) in [6.07, 6.45) is 1.53. The molecule has 3 nitrogen and oxygen atoms in total. The summed E-state index contributed by atoms with van der Waals surface area (Å²) in [7, 11) is 1.63. The number of carbonyl (C=O) groups excluding carboxylic acids is 1. The summed E-state index contributed by atoms with van der Waals surface area (Å²) in [5.74, 6) is 0.439. The molecule has 0 N–H and O–H groups in total. The number of esters is 1.